The van der Waals surface area contributed by atoms with Crippen LogP contribution in [0.4, 0.5) is 0 Å². The summed E-state index contributed by atoms with van der Waals surface area (Å²) in [7, 11) is 0. The van der Waals surface area contributed by atoms with Crippen LogP contribution in [0.1, 0.15) is 19.3 Å². The number of hydrogen-bond acceptors (Lipinski definition) is 1. The Hall–Kier alpha value is -0.300. The van der Waals surface area contributed by atoms with Crippen molar-refractivity contribution in [1.29, 1.82) is 0 Å². The van der Waals surface area contributed by atoms with Crippen molar-refractivity contribution in [3.05, 3.63) is 12.2 Å². The average Bonchev–Trinajstić information content (AvgIpc) is 2.48. The summed E-state index contributed by atoms with van der Waals surface area (Å²) in [5.41, 5.74) is 0. The van der Waals surface area contributed by atoms with Gasteiger partial charge in [-0.25, -0.2) is 0 Å². The lowest BCUT2D eigenvalue weighted by molar-refractivity contribution is 0.244. The number of allylic oxidation sites excluding steroid dienone is 2. The molecule has 3 atom stereocenters. The van der Waals surface area contributed by atoms with E-state index in [1.807, 2.05) is 0 Å². The highest BCUT2D eigenvalue weighted by Crippen LogP contribution is 2.44. The quantitative estimate of drug-likeness (QED) is 0.574. The minimum Gasteiger partial charge on any atom is -0.396 e. The van der Waals surface area contributed by atoms with Crippen molar-refractivity contribution in [3.63, 3.8) is 0 Å². The molecular formula is C9H14O. The minimum absolute atomic E-state index is 0.377. The molecule has 0 spiro atoms. The van der Waals surface area contributed by atoms with E-state index in [1.54, 1.807) is 0 Å². The molecule has 0 amide bonds. The first-order valence-electron chi connectivity index (χ1n) is 4.19. The number of fused-ring (bicyclic) bond motifs is 2. The van der Waals surface area contributed by atoms with E-state index in [4.69, 9.17) is 5.11 Å². The molecular weight excluding hydrogens is 124 g/mol. The van der Waals surface area contributed by atoms with Gasteiger partial charge in [0.15, 0.2) is 0 Å². The van der Waals surface area contributed by atoms with E-state index in [-0.39, 0.29) is 0 Å². The summed E-state index contributed by atoms with van der Waals surface area (Å²) in [4.78, 5) is 0. The van der Waals surface area contributed by atoms with E-state index >= 15 is 0 Å². The zero-order chi connectivity index (χ0) is 6.97. The van der Waals surface area contributed by atoms with E-state index in [0.717, 1.165) is 24.2 Å². The van der Waals surface area contributed by atoms with Crippen LogP contribution < -0.4 is 0 Å². The zero-order valence-electron chi connectivity index (χ0n) is 6.16. The molecule has 56 valence electrons. The summed E-state index contributed by atoms with van der Waals surface area (Å²) in [6, 6.07) is 0. The van der Waals surface area contributed by atoms with Gasteiger partial charge in [0.25, 0.3) is 0 Å². The molecule has 0 aromatic rings. The summed E-state index contributed by atoms with van der Waals surface area (Å²) < 4.78 is 0. The molecule has 2 aliphatic carbocycles. The van der Waals surface area contributed by atoms with E-state index in [1.165, 1.54) is 12.8 Å². The van der Waals surface area contributed by atoms with Gasteiger partial charge in [0.05, 0.1) is 0 Å². The normalized spacial score (nSPS) is 43.1. The summed E-state index contributed by atoms with van der Waals surface area (Å²) in [5.74, 6) is 2.48. The summed E-state index contributed by atoms with van der Waals surface area (Å²) in [5, 5.41) is 8.73. The lowest BCUT2D eigenvalue weighted by Gasteiger charge is -2.15. The maximum absolute atomic E-state index is 8.73. The van der Waals surface area contributed by atoms with Crippen molar-refractivity contribution in [2.75, 3.05) is 6.61 Å². The van der Waals surface area contributed by atoms with Crippen molar-refractivity contribution in [3.8, 4) is 0 Å². The van der Waals surface area contributed by atoms with Crippen LogP contribution in [0.3, 0.4) is 0 Å². The molecule has 1 nitrogen and oxygen atoms in total. The lowest BCUT2D eigenvalue weighted by atomic mass is 9.91. The van der Waals surface area contributed by atoms with Gasteiger partial charge in [0, 0.05) is 6.61 Å². The second kappa shape index (κ2) is 2.39. The average molecular weight is 138 g/mol. The monoisotopic (exact) mass is 138 g/mol. The van der Waals surface area contributed by atoms with Gasteiger partial charge in [-0.05, 0) is 37.0 Å². The standard InChI is InChI=1S/C9H14O/c10-4-3-9-6-7-1-2-8(9)5-7/h1-2,7-10H,3-6H2/t7-,8-,9+/m0/s1. The molecule has 10 heavy (non-hydrogen) atoms. The largest absolute Gasteiger partial charge is 0.396 e. The predicted octanol–water partition coefficient (Wildman–Crippen LogP) is 1.58. The summed E-state index contributed by atoms with van der Waals surface area (Å²) in [6.07, 6.45) is 8.41. The van der Waals surface area contributed by atoms with Gasteiger partial charge in [-0.1, -0.05) is 12.2 Å². The maximum atomic E-state index is 8.73. The molecule has 2 rings (SSSR count). The molecule has 1 N–H and O–H groups in total. The number of rotatable bonds is 2. The van der Waals surface area contributed by atoms with Crippen molar-refractivity contribution >= 4 is 0 Å². The van der Waals surface area contributed by atoms with E-state index < -0.39 is 0 Å². The number of aliphatic hydroxyl groups is 1. The van der Waals surface area contributed by atoms with Crippen LogP contribution in [0.5, 0.6) is 0 Å². The Morgan fingerprint density at radius 2 is 2.20 bits per heavy atom. The van der Waals surface area contributed by atoms with Gasteiger partial charge < -0.3 is 5.11 Å². The first-order valence-corrected chi connectivity index (χ1v) is 4.19. The zero-order valence-corrected chi connectivity index (χ0v) is 6.16. The third-order valence-corrected chi connectivity index (χ3v) is 2.92. The van der Waals surface area contributed by atoms with Gasteiger partial charge in [0.2, 0.25) is 0 Å². The van der Waals surface area contributed by atoms with Gasteiger partial charge >= 0.3 is 0 Å². The number of aliphatic hydroxyl groups excluding tert-OH is 1. The van der Waals surface area contributed by atoms with Crippen LogP contribution in [0.15, 0.2) is 12.2 Å². The highest BCUT2D eigenvalue weighted by atomic mass is 16.3. The molecule has 0 aliphatic heterocycles. The minimum atomic E-state index is 0.377. The van der Waals surface area contributed by atoms with Gasteiger partial charge in [0.1, 0.15) is 0 Å². The fourth-order valence-electron chi connectivity index (χ4n) is 2.39. The molecule has 1 fully saturated rings. The van der Waals surface area contributed by atoms with E-state index in [2.05, 4.69) is 12.2 Å². The van der Waals surface area contributed by atoms with Crippen LogP contribution in [0.25, 0.3) is 0 Å². The highest BCUT2D eigenvalue weighted by Gasteiger charge is 2.34. The van der Waals surface area contributed by atoms with Gasteiger partial charge in [-0.15, -0.1) is 0 Å². The van der Waals surface area contributed by atoms with Crippen molar-refractivity contribution in [2.24, 2.45) is 17.8 Å². The van der Waals surface area contributed by atoms with Crippen LogP contribution in [0, 0.1) is 17.8 Å². The van der Waals surface area contributed by atoms with Gasteiger partial charge in [-0.3, -0.25) is 0 Å². The lowest BCUT2D eigenvalue weighted by Crippen LogP contribution is -2.08. The third-order valence-electron chi connectivity index (χ3n) is 2.92. The van der Waals surface area contributed by atoms with Gasteiger partial charge in [-0.2, -0.15) is 0 Å². The predicted molar refractivity (Wildman–Crippen MR) is 40.5 cm³/mol. The molecule has 2 aliphatic rings. The van der Waals surface area contributed by atoms with E-state index in [9.17, 15) is 0 Å². The summed E-state index contributed by atoms with van der Waals surface area (Å²) >= 11 is 0. The Morgan fingerprint density at radius 1 is 1.30 bits per heavy atom. The first kappa shape index (κ1) is 6.41. The fraction of sp³-hybridized carbons (Fsp3) is 0.778. The van der Waals surface area contributed by atoms with Crippen LogP contribution in [-0.4, -0.2) is 11.7 Å². The molecule has 0 aromatic carbocycles. The maximum Gasteiger partial charge on any atom is 0.0433 e. The molecule has 0 aromatic heterocycles. The SMILES string of the molecule is OCC[C@@H]1C[C@H]2C=C[C@H]1C2. The van der Waals surface area contributed by atoms with Crippen molar-refractivity contribution in [1.82, 2.24) is 0 Å². The number of hydrogen-bond donors (Lipinski definition) is 1. The molecule has 2 bridgehead atoms. The molecule has 0 radical (unpaired) electrons. The Balaban J connectivity index is 1.96. The summed E-state index contributed by atoms with van der Waals surface area (Å²) in [6.45, 7) is 0.377. The molecule has 1 saturated carbocycles. The topological polar surface area (TPSA) is 20.2 Å². The van der Waals surface area contributed by atoms with Crippen molar-refractivity contribution in [2.45, 2.75) is 19.3 Å². The van der Waals surface area contributed by atoms with Crippen molar-refractivity contribution < 1.29 is 5.11 Å². The Labute approximate surface area is 61.8 Å². The second-order valence-electron chi connectivity index (χ2n) is 3.55. The second-order valence-corrected chi connectivity index (χ2v) is 3.55. The van der Waals surface area contributed by atoms with Crippen LogP contribution in [-0.2, 0) is 0 Å². The smallest absolute Gasteiger partial charge is 0.0433 e. The Bertz CT molecular complexity index is 151. The van der Waals surface area contributed by atoms with Crippen LogP contribution in [0.2, 0.25) is 0 Å². The fourth-order valence-corrected chi connectivity index (χ4v) is 2.39. The van der Waals surface area contributed by atoms with E-state index in [0.29, 0.717) is 6.61 Å². The molecule has 0 unspecified atom stereocenters. The highest BCUT2D eigenvalue weighted by molar-refractivity contribution is 5.09. The Morgan fingerprint density at radius 3 is 2.70 bits per heavy atom. The van der Waals surface area contributed by atoms with Crippen LogP contribution >= 0.6 is 0 Å². The third kappa shape index (κ3) is 0.891. The molecule has 0 heterocycles. The Kier molecular flexibility index (Phi) is 1.53. The first-order chi connectivity index (χ1) is 4.90. The molecule has 1 heteroatoms. The molecule has 0 saturated heterocycles.